The van der Waals surface area contributed by atoms with Crippen LogP contribution >= 0.6 is 0 Å². The number of aryl methyl sites for hydroxylation is 1. The Hall–Kier alpha value is -3.42. The van der Waals surface area contributed by atoms with Crippen LogP contribution < -0.4 is 10.6 Å². The Balaban J connectivity index is 1.34. The summed E-state index contributed by atoms with van der Waals surface area (Å²) in [5, 5.41) is 15.4. The number of likely N-dealkylation sites (tertiary alicyclic amines) is 1. The molecule has 3 heterocycles. The lowest BCUT2D eigenvalue weighted by Crippen LogP contribution is -2.39. The van der Waals surface area contributed by atoms with E-state index in [9.17, 15) is 19.5 Å². The first-order valence-electron chi connectivity index (χ1n) is 10.6. The zero-order chi connectivity index (χ0) is 21.8. The number of carbonyl (C=O) groups is 3. The number of carboxylic acids is 1. The van der Waals surface area contributed by atoms with Crippen molar-refractivity contribution in [3.63, 3.8) is 0 Å². The molecule has 0 bridgehead atoms. The first-order chi connectivity index (χ1) is 15.0. The molecule has 2 atom stereocenters. The highest BCUT2D eigenvalue weighted by atomic mass is 16.4. The lowest BCUT2D eigenvalue weighted by atomic mass is 10.0. The van der Waals surface area contributed by atoms with Gasteiger partial charge in [0.15, 0.2) is 6.04 Å². The van der Waals surface area contributed by atoms with Crippen LogP contribution in [0.3, 0.4) is 0 Å². The third-order valence-corrected chi connectivity index (χ3v) is 5.86. The Labute approximate surface area is 180 Å². The van der Waals surface area contributed by atoms with Gasteiger partial charge in [-0.15, -0.1) is 0 Å². The Kier molecular flexibility index (Phi) is 6.16. The van der Waals surface area contributed by atoms with Crippen LogP contribution in [0.4, 0.5) is 5.82 Å². The number of anilines is 1. The van der Waals surface area contributed by atoms with Gasteiger partial charge in [0.2, 0.25) is 11.8 Å². The summed E-state index contributed by atoms with van der Waals surface area (Å²) in [4.78, 5) is 43.3. The van der Waals surface area contributed by atoms with Gasteiger partial charge in [0.05, 0.1) is 18.0 Å². The number of rotatable bonds is 6. The van der Waals surface area contributed by atoms with E-state index in [0.717, 1.165) is 25.2 Å². The highest BCUT2D eigenvalue weighted by Crippen LogP contribution is 2.22. The summed E-state index contributed by atoms with van der Waals surface area (Å²) >= 11 is 0. The van der Waals surface area contributed by atoms with Crippen LogP contribution in [0.2, 0.25) is 0 Å². The summed E-state index contributed by atoms with van der Waals surface area (Å²) in [6.07, 6.45) is 2.77. The quantitative estimate of drug-likeness (QED) is 0.654. The van der Waals surface area contributed by atoms with Crippen LogP contribution in [0.1, 0.15) is 35.7 Å². The molecule has 2 aliphatic rings. The average Bonchev–Trinajstić information content (AvgIpc) is 3.28. The van der Waals surface area contributed by atoms with Gasteiger partial charge in [0, 0.05) is 19.6 Å². The predicted octanol–water partition coefficient (Wildman–Crippen LogP) is 1.77. The third kappa shape index (κ3) is 4.84. The van der Waals surface area contributed by atoms with E-state index in [0.29, 0.717) is 24.2 Å². The molecule has 1 aromatic carbocycles. The summed E-state index contributed by atoms with van der Waals surface area (Å²) < 4.78 is 0. The fourth-order valence-electron chi connectivity index (χ4n) is 4.13. The number of carboxylic acid groups (broad SMARTS) is 1. The van der Waals surface area contributed by atoms with Crippen LogP contribution in [-0.4, -0.2) is 52.4 Å². The van der Waals surface area contributed by atoms with Gasteiger partial charge >= 0.3 is 5.97 Å². The molecule has 0 aliphatic carbocycles. The van der Waals surface area contributed by atoms with Crippen LogP contribution in [-0.2, 0) is 27.2 Å². The molecule has 2 aliphatic heterocycles. The number of nitrogens with zero attached hydrogens (tertiary/aromatic N) is 2. The van der Waals surface area contributed by atoms with Crippen LogP contribution in [0.25, 0.3) is 0 Å². The monoisotopic (exact) mass is 422 g/mol. The van der Waals surface area contributed by atoms with Gasteiger partial charge in [0.1, 0.15) is 5.82 Å². The number of benzene rings is 1. The number of carbonyl (C=O) groups excluding carboxylic acids is 2. The molecule has 8 nitrogen and oxygen atoms in total. The molecule has 4 rings (SSSR count). The van der Waals surface area contributed by atoms with E-state index in [1.165, 1.54) is 5.56 Å². The number of hydrogen-bond acceptors (Lipinski definition) is 5. The van der Waals surface area contributed by atoms with Crippen molar-refractivity contribution >= 4 is 23.6 Å². The molecule has 31 heavy (non-hydrogen) atoms. The molecular weight excluding hydrogens is 396 g/mol. The molecule has 1 fully saturated rings. The SMILES string of the molecule is O=C(NC(C(=O)O)c1ccccc1)C1CCN(C(=O)Cc2ccc3c(n2)NCCC3)C1. The first kappa shape index (κ1) is 20.8. The number of nitrogens with one attached hydrogen (secondary N) is 2. The van der Waals surface area contributed by atoms with Gasteiger partial charge in [-0.25, -0.2) is 9.78 Å². The zero-order valence-electron chi connectivity index (χ0n) is 17.2. The fraction of sp³-hybridized carbons (Fsp3) is 0.391. The molecule has 2 unspecified atom stereocenters. The topological polar surface area (TPSA) is 112 Å². The molecule has 2 amide bonds. The largest absolute Gasteiger partial charge is 0.479 e. The lowest BCUT2D eigenvalue weighted by molar-refractivity contribution is -0.142. The van der Waals surface area contributed by atoms with Crippen molar-refractivity contribution < 1.29 is 19.5 Å². The van der Waals surface area contributed by atoms with Crippen molar-refractivity contribution in [1.29, 1.82) is 0 Å². The molecule has 8 heteroatoms. The Bertz CT molecular complexity index is 979. The smallest absolute Gasteiger partial charge is 0.330 e. The van der Waals surface area contributed by atoms with Gasteiger partial charge in [-0.3, -0.25) is 9.59 Å². The second kappa shape index (κ2) is 9.16. The normalized spacial score (nSPS) is 18.6. The lowest BCUT2D eigenvalue weighted by Gasteiger charge is -2.20. The standard InChI is InChI=1S/C23H26N4O4/c28-19(13-18-9-8-16-7-4-11-24-21(16)25-18)27-12-10-17(14-27)22(29)26-20(23(30)31)15-5-2-1-3-6-15/h1-3,5-6,8-9,17,20H,4,7,10-14H2,(H,24,25)(H,26,29)(H,30,31). The van der Waals surface area contributed by atoms with E-state index in [-0.39, 0.29) is 24.8 Å². The molecule has 2 aromatic rings. The van der Waals surface area contributed by atoms with E-state index in [1.807, 2.05) is 12.1 Å². The summed E-state index contributed by atoms with van der Waals surface area (Å²) in [7, 11) is 0. The van der Waals surface area contributed by atoms with Crippen molar-refractivity contribution in [1.82, 2.24) is 15.2 Å². The van der Waals surface area contributed by atoms with Crippen molar-refractivity contribution in [2.45, 2.75) is 31.7 Å². The van der Waals surface area contributed by atoms with Crippen LogP contribution in [0.5, 0.6) is 0 Å². The van der Waals surface area contributed by atoms with Gasteiger partial charge in [0.25, 0.3) is 0 Å². The summed E-state index contributed by atoms with van der Waals surface area (Å²) in [6.45, 7) is 1.65. The second-order valence-corrected chi connectivity index (χ2v) is 8.03. The summed E-state index contributed by atoms with van der Waals surface area (Å²) in [5.74, 6) is -1.10. The third-order valence-electron chi connectivity index (χ3n) is 5.86. The van der Waals surface area contributed by atoms with Crippen molar-refractivity contribution in [3.05, 3.63) is 59.3 Å². The average molecular weight is 422 g/mol. The van der Waals surface area contributed by atoms with E-state index in [2.05, 4.69) is 15.6 Å². The van der Waals surface area contributed by atoms with Crippen LogP contribution in [0.15, 0.2) is 42.5 Å². The molecule has 1 aromatic heterocycles. The zero-order valence-corrected chi connectivity index (χ0v) is 17.2. The predicted molar refractivity (Wildman–Crippen MR) is 114 cm³/mol. The highest BCUT2D eigenvalue weighted by Gasteiger charge is 2.33. The first-order valence-corrected chi connectivity index (χ1v) is 10.6. The Morgan fingerprint density at radius 3 is 2.77 bits per heavy atom. The van der Waals surface area contributed by atoms with Gasteiger partial charge in [-0.05, 0) is 36.5 Å². The number of pyridine rings is 1. The summed E-state index contributed by atoms with van der Waals surface area (Å²) in [6, 6.07) is 11.4. The van der Waals surface area contributed by atoms with Gasteiger partial charge < -0.3 is 20.6 Å². The molecule has 162 valence electrons. The number of amides is 2. The minimum absolute atomic E-state index is 0.0728. The molecule has 1 saturated heterocycles. The van der Waals surface area contributed by atoms with Crippen LogP contribution in [0, 0.1) is 5.92 Å². The molecule has 3 N–H and O–H groups in total. The van der Waals surface area contributed by atoms with Gasteiger partial charge in [-0.2, -0.15) is 0 Å². The number of fused-ring (bicyclic) bond motifs is 1. The molecule has 0 saturated carbocycles. The maximum absolute atomic E-state index is 12.7. The minimum atomic E-state index is -1.11. The second-order valence-electron chi connectivity index (χ2n) is 8.03. The molecule has 0 radical (unpaired) electrons. The van der Waals surface area contributed by atoms with Crippen molar-refractivity contribution in [2.24, 2.45) is 5.92 Å². The maximum atomic E-state index is 12.7. The summed E-state index contributed by atoms with van der Waals surface area (Å²) in [5.41, 5.74) is 2.40. The van der Waals surface area contributed by atoms with Crippen molar-refractivity contribution in [3.8, 4) is 0 Å². The Morgan fingerprint density at radius 1 is 1.19 bits per heavy atom. The van der Waals surface area contributed by atoms with E-state index >= 15 is 0 Å². The number of hydrogen-bond donors (Lipinski definition) is 3. The Morgan fingerprint density at radius 2 is 2.00 bits per heavy atom. The van der Waals surface area contributed by atoms with E-state index < -0.39 is 17.9 Å². The fourth-order valence-corrected chi connectivity index (χ4v) is 4.13. The van der Waals surface area contributed by atoms with E-state index in [1.54, 1.807) is 35.2 Å². The van der Waals surface area contributed by atoms with Crippen molar-refractivity contribution in [2.75, 3.05) is 25.0 Å². The van der Waals surface area contributed by atoms with Gasteiger partial charge in [-0.1, -0.05) is 36.4 Å². The highest BCUT2D eigenvalue weighted by molar-refractivity contribution is 5.87. The van der Waals surface area contributed by atoms with E-state index in [4.69, 9.17) is 0 Å². The molecule has 0 spiro atoms. The number of aliphatic carboxylic acids is 1. The minimum Gasteiger partial charge on any atom is -0.479 e. The maximum Gasteiger partial charge on any atom is 0.330 e. The number of aromatic nitrogens is 1. The molecular formula is C23H26N4O4.